The summed E-state index contributed by atoms with van der Waals surface area (Å²) in [6.07, 6.45) is 1.64. The van der Waals surface area contributed by atoms with Crippen molar-refractivity contribution in [3.05, 3.63) is 56.4 Å². The molecule has 0 aliphatic rings. The highest BCUT2D eigenvalue weighted by Gasteiger charge is 2.21. The predicted octanol–water partition coefficient (Wildman–Crippen LogP) is 5.05. The Kier molecular flexibility index (Phi) is 4.73. The molecule has 0 amide bonds. The normalized spacial score (nSPS) is 12.7. The summed E-state index contributed by atoms with van der Waals surface area (Å²) in [6.45, 7) is 2.85. The van der Waals surface area contributed by atoms with Gasteiger partial charge in [-0.05, 0) is 40.2 Å². The predicted molar refractivity (Wildman–Crippen MR) is 78.4 cm³/mol. The Labute approximate surface area is 124 Å². The first-order valence-corrected chi connectivity index (χ1v) is 7.10. The molecule has 2 aromatic rings. The van der Waals surface area contributed by atoms with E-state index in [-0.39, 0.29) is 6.04 Å². The first-order chi connectivity index (χ1) is 8.65. The van der Waals surface area contributed by atoms with E-state index in [4.69, 9.17) is 27.6 Å². The first kappa shape index (κ1) is 13.9. The molecular weight excluding hydrogens is 337 g/mol. The summed E-state index contributed by atoms with van der Waals surface area (Å²) < 4.78 is 5.98. The van der Waals surface area contributed by atoms with Crippen LogP contribution in [-0.2, 0) is 0 Å². The molecule has 2 rings (SSSR count). The second-order valence-corrected chi connectivity index (χ2v) is 5.29. The van der Waals surface area contributed by atoms with Crippen LogP contribution in [0.5, 0.6) is 0 Å². The topological polar surface area (TPSA) is 25.2 Å². The van der Waals surface area contributed by atoms with Gasteiger partial charge in [0, 0.05) is 5.56 Å². The van der Waals surface area contributed by atoms with Gasteiger partial charge < -0.3 is 9.73 Å². The Morgan fingerprint density at radius 2 is 2.06 bits per heavy atom. The van der Waals surface area contributed by atoms with Gasteiger partial charge in [-0.25, -0.2) is 0 Å². The van der Waals surface area contributed by atoms with Crippen LogP contribution < -0.4 is 5.32 Å². The molecule has 18 heavy (non-hydrogen) atoms. The van der Waals surface area contributed by atoms with Crippen LogP contribution in [0.25, 0.3) is 0 Å². The van der Waals surface area contributed by atoms with Crippen molar-refractivity contribution >= 4 is 39.1 Å². The standard InChI is InChI=1S/C13H12BrCl2NO/c1-2-17-12(9-6-7-18-13(9)14)8-4-3-5-10(15)11(8)16/h3-7,12,17H,2H2,1H3. The average molecular weight is 349 g/mol. The van der Waals surface area contributed by atoms with Gasteiger partial charge in [-0.2, -0.15) is 0 Å². The Balaban J connectivity index is 2.48. The molecule has 0 fully saturated rings. The van der Waals surface area contributed by atoms with Gasteiger partial charge in [-0.1, -0.05) is 42.3 Å². The van der Waals surface area contributed by atoms with E-state index < -0.39 is 0 Å². The van der Waals surface area contributed by atoms with Crippen LogP contribution in [0.1, 0.15) is 24.1 Å². The van der Waals surface area contributed by atoms with E-state index in [1.165, 1.54) is 0 Å². The second kappa shape index (κ2) is 6.11. The zero-order valence-corrected chi connectivity index (χ0v) is 12.8. The molecule has 0 aliphatic heterocycles. The molecule has 0 aliphatic carbocycles. The molecule has 1 heterocycles. The van der Waals surface area contributed by atoms with Crippen LogP contribution in [-0.4, -0.2) is 6.54 Å². The molecule has 5 heteroatoms. The molecule has 0 bridgehead atoms. The highest BCUT2D eigenvalue weighted by Crippen LogP contribution is 2.36. The lowest BCUT2D eigenvalue weighted by molar-refractivity contribution is 0.526. The van der Waals surface area contributed by atoms with Gasteiger partial charge in [0.1, 0.15) is 0 Å². The number of rotatable bonds is 4. The van der Waals surface area contributed by atoms with Gasteiger partial charge in [-0.3, -0.25) is 0 Å². The van der Waals surface area contributed by atoms with E-state index in [9.17, 15) is 0 Å². The van der Waals surface area contributed by atoms with E-state index in [2.05, 4.69) is 21.2 Å². The second-order valence-electron chi connectivity index (χ2n) is 3.78. The molecule has 1 aromatic carbocycles. The van der Waals surface area contributed by atoms with Gasteiger partial charge in [0.05, 0.1) is 22.4 Å². The molecule has 1 unspecified atom stereocenters. The van der Waals surface area contributed by atoms with Crippen molar-refractivity contribution in [1.29, 1.82) is 0 Å². The van der Waals surface area contributed by atoms with Crippen LogP contribution in [0, 0.1) is 0 Å². The largest absolute Gasteiger partial charge is 0.457 e. The third-order valence-electron chi connectivity index (χ3n) is 2.66. The highest BCUT2D eigenvalue weighted by atomic mass is 79.9. The minimum atomic E-state index is -0.0469. The monoisotopic (exact) mass is 347 g/mol. The maximum Gasteiger partial charge on any atom is 0.174 e. The van der Waals surface area contributed by atoms with Crippen LogP contribution in [0.4, 0.5) is 0 Å². The molecule has 2 nitrogen and oxygen atoms in total. The van der Waals surface area contributed by atoms with Crippen molar-refractivity contribution in [2.24, 2.45) is 0 Å². The van der Waals surface area contributed by atoms with Gasteiger partial charge in [0.2, 0.25) is 0 Å². The SMILES string of the molecule is CCNC(c1ccoc1Br)c1cccc(Cl)c1Cl. The van der Waals surface area contributed by atoms with E-state index in [1.54, 1.807) is 12.3 Å². The molecule has 0 radical (unpaired) electrons. The molecule has 0 saturated carbocycles. The van der Waals surface area contributed by atoms with Crippen LogP contribution in [0.2, 0.25) is 10.0 Å². The third-order valence-corrected chi connectivity index (χ3v) is 4.14. The lowest BCUT2D eigenvalue weighted by Crippen LogP contribution is -2.22. The smallest absolute Gasteiger partial charge is 0.174 e. The van der Waals surface area contributed by atoms with Crippen LogP contribution in [0.3, 0.4) is 0 Å². The fourth-order valence-electron chi connectivity index (χ4n) is 1.85. The number of halogens is 3. The summed E-state index contributed by atoms with van der Waals surface area (Å²) in [5.41, 5.74) is 1.94. The zero-order valence-electron chi connectivity index (χ0n) is 9.71. The Bertz CT molecular complexity index is 542. The summed E-state index contributed by atoms with van der Waals surface area (Å²) in [5.74, 6) is 0. The van der Waals surface area contributed by atoms with E-state index in [1.807, 2.05) is 25.1 Å². The van der Waals surface area contributed by atoms with Gasteiger partial charge in [0.25, 0.3) is 0 Å². The Morgan fingerprint density at radius 1 is 1.28 bits per heavy atom. The number of hydrogen-bond donors (Lipinski definition) is 1. The summed E-state index contributed by atoms with van der Waals surface area (Å²) in [4.78, 5) is 0. The number of benzene rings is 1. The van der Waals surface area contributed by atoms with Crippen LogP contribution >= 0.6 is 39.1 Å². The summed E-state index contributed by atoms with van der Waals surface area (Å²) in [6, 6.07) is 7.49. The molecule has 0 saturated heterocycles. The van der Waals surface area contributed by atoms with Crippen LogP contribution in [0.15, 0.2) is 39.6 Å². The number of furan rings is 1. The minimum absolute atomic E-state index is 0.0469. The van der Waals surface area contributed by atoms with Crippen molar-refractivity contribution in [2.45, 2.75) is 13.0 Å². The highest BCUT2D eigenvalue weighted by molar-refractivity contribution is 9.10. The summed E-state index contributed by atoms with van der Waals surface area (Å²) in [5, 5.41) is 4.50. The molecule has 1 aromatic heterocycles. The van der Waals surface area contributed by atoms with Crippen molar-refractivity contribution in [3.63, 3.8) is 0 Å². The quantitative estimate of drug-likeness (QED) is 0.836. The van der Waals surface area contributed by atoms with Crippen molar-refractivity contribution in [1.82, 2.24) is 5.32 Å². The van der Waals surface area contributed by atoms with E-state index in [0.717, 1.165) is 17.7 Å². The number of nitrogens with one attached hydrogen (secondary N) is 1. The zero-order chi connectivity index (χ0) is 13.1. The third kappa shape index (κ3) is 2.75. The van der Waals surface area contributed by atoms with E-state index >= 15 is 0 Å². The average Bonchev–Trinajstić information content (AvgIpc) is 2.76. The van der Waals surface area contributed by atoms with Crippen molar-refractivity contribution < 1.29 is 4.42 Å². The molecule has 96 valence electrons. The molecular formula is C13H12BrCl2NO. The molecule has 1 N–H and O–H groups in total. The fraction of sp³-hybridized carbons (Fsp3) is 0.231. The fourth-order valence-corrected chi connectivity index (χ4v) is 2.73. The van der Waals surface area contributed by atoms with Gasteiger partial charge in [-0.15, -0.1) is 0 Å². The Hall–Kier alpha value is -0.480. The lowest BCUT2D eigenvalue weighted by Gasteiger charge is -2.19. The maximum atomic E-state index is 6.28. The summed E-state index contributed by atoms with van der Waals surface area (Å²) in [7, 11) is 0. The van der Waals surface area contributed by atoms with Crippen molar-refractivity contribution in [2.75, 3.05) is 6.54 Å². The Morgan fingerprint density at radius 3 is 2.67 bits per heavy atom. The first-order valence-electron chi connectivity index (χ1n) is 5.55. The van der Waals surface area contributed by atoms with Gasteiger partial charge in [0.15, 0.2) is 4.67 Å². The van der Waals surface area contributed by atoms with Gasteiger partial charge >= 0.3 is 0 Å². The number of hydrogen-bond acceptors (Lipinski definition) is 2. The lowest BCUT2D eigenvalue weighted by atomic mass is 10.0. The maximum absolute atomic E-state index is 6.28. The van der Waals surface area contributed by atoms with E-state index in [0.29, 0.717) is 14.7 Å². The minimum Gasteiger partial charge on any atom is -0.457 e. The van der Waals surface area contributed by atoms with Crippen molar-refractivity contribution in [3.8, 4) is 0 Å². The molecule has 0 spiro atoms. The summed E-state index contributed by atoms with van der Waals surface area (Å²) >= 11 is 15.7. The molecule has 1 atom stereocenters.